The van der Waals surface area contributed by atoms with Crippen molar-refractivity contribution in [2.75, 3.05) is 13.2 Å². The fourth-order valence-corrected chi connectivity index (χ4v) is 7.35. The van der Waals surface area contributed by atoms with Crippen LogP contribution in [0.4, 0.5) is 0 Å². The second-order valence-corrected chi connectivity index (χ2v) is 17.5. The molecule has 6 nitrogen and oxygen atoms in total. The average Bonchev–Trinajstić information content (AvgIpc) is 3.27. The zero-order valence-electron chi connectivity index (χ0n) is 40.9. The standard InChI is InChI=1S/C56H98O6/c1-4-7-10-13-16-19-22-25-27-28-29-32-34-37-40-43-46-49-55(58)61-52-53(51-60-54(57)48-45-42-39-36-33-30-24-21-18-15-12-9-6-3)62-56(59)50-47-44-41-38-35-31-26-23-20-17-14-11-8-5-2/h9,12,15-16,18-19,21,24-25,27,53H,4-8,10-11,13-14,17,20,22-23,26,28-52H2,1-3H3/b12-9+,18-15+,19-16+,24-21+,27-25+. The Morgan fingerprint density at radius 3 is 1.13 bits per heavy atom. The molecule has 0 aliphatic heterocycles. The van der Waals surface area contributed by atoms with E-state index in [0.717, 1.165) is 96.3 Å². The van der Waals surface area contributed by atoms with Gasteiger partial charge in [0.05, 0.1) is 0 Å². The Hall–Kier alpha value is -2.89. The van der Waals surface area contributed by atoms with Crippen LogP contribution in [0.1, 0.15) is 258 Å². The minimum absolute atomic E-state index is 0.0834. The monoisotopic (exact) mass is 867 g/mol. The second-order valence-electron chi connectivity index (χ2n) is 17.5. The van der Waals surface area contributed by atoms with Crippen molar-refractivity contribution in [2.45, 2.75) is 264 Å². The molecule has 62 heavy (non-hydrogen) atoms. The van der Waals surface area contributed by atoms with Gasteiger partial charge < -0.3 is 14.2 Å². The molecule has 0 rings (SSSR count). The van der Waals surface area contributed by atoms with Crippen LogP contribution in [-0.2, 0) is 28.6 Å². The molecule has 0 heterocycles. The Morgan fingerprint density at radius 2 is 0.694 bits per heavy atom. The minimum Gasteiger partial charge on any atom is -0.462 e. The number of unbranched alkanes of at least 4 members (excludes halogenated alkanes) is 28. The number of hydrogen-bond donors (Lipinski definition) is 0. The molecule has 6 heteroatoms. The van der Waals surface area contributed by atoms with Crippen molar-refractivity contribution >= 4 is 17.9 Å². The molecule has 1 unspecified atom stereocenters. The van der Waals surface area contributed by atoms with Gasteiger partial charge in [-0.3, -0.25) is 14.4 Å². The van der Waals surface area contributed by atoms with E-state index >= 15 is 0 Å². The van der Waals surface area contributed by atoms with Crippen molar-refractivity contribution in [3.8, 4) is 0 Å². The number of carbonyl (C=O) groups excluding carboxylic acids is 3. The molecule has 0 aromatic heterocycles. The van der Waals surface area contributed by atoms with Gasteiger partial charge >= 0.3 is 17.9 Å². The highest BCUT2D eigenvalue weighted by molar-refractivity contribution is 5.71. The van der Waals surface area contributed by atoms with E-state index in [-0.39, 0.29) is 31.1 Å². The van der Waals surface area contributed by atoms with Crippen LogP contribution >= 0.6 is 0 Å². The first kappa shape index (κ1) is 59.1. The first-order valence-electron chi connectivity index (χ1n) is 26.3. The summed E-state index contributed by atoms with van der Waals surface area (Å²) in [4.78, 5) is 38.0. The van der Waals surface area contributed by atoms with E-state index < -0.39 is 6.10 Å². The molecule has 358 valence electrons. The van der Waals surface area contributed by atoms with Gasteiger partial charge in [-0.15, -0.1) is 0 Å². The average molecular weight is 867 g/mol. The Balaban J connectivity index is 4.39. The smallest absolute Gasteiger partial charge is 0.306 e. The molecule has 1 atom stereocenters. The summed E-state index contributed by atoms with van der Waals surface area (Å²) < 4.78 is 16.8. The highest BCUT2D eigenvalue weighted by Crippen LogP contribution is 2.15. The van der Waals surface area contributed by atoms with Crippen molar-refractivity contribution in [1.29, 1.82) is 0 Å². The normalized spacial score (nSPS) is 12.5. The van der Waals surface area contributed by atoms with Crippen LogP contribution in [0.2, 0.25) is 0 Å². The summed E-state index contributed by atoms with van der Waals surface area (Å²) in [5.41, 5.74) is 0. The molecule has 0 aliphatic rings. The maximum Gasteiger partial charge on any atom is 0.306 e. The highest BCUT2D eigenvalue weighted by atomic mass is 16.6. The fourth-order valence-electron chi connectivity index (χ4n) is 7.35. The van der Waals surface area contributed by atoms with E-state index in [1.807, 2.05) is 0 Å². The van der Waals surface area contributed by atoms with E-state index in [1.54, 1.807) is 0 Å². The summed E-state index contributed by atoms with van der Waals surface area (Å²) in [5.74, 6) is -0.904. The van der Waals surface area contributed by atoms with E-state index in [0.29, 0.717) is 19.3 Å². The number of esters is 3. The Bertz CT molecular complexity index is 1130. The van der Waals surface area contributed by atoms with Crippen LogP contribution in [0.3, 0.4) is 0 Å². The summed E-state index contributed by atoms with van der Waals surface area (Å²) in [6, 6.07) is 0. The summed E-state index contributed by atoms with van der Waals surface area (Å²) in [7, 11) is 0. The largest absolute Gasteiger partial charge is 0.462 e. The molecule has 0 aliphatic carbocycles. The maximum absolute atomic E-state index is 12.8. The van der Waals surface area contributed by atoms with Crippen molar-refractivity contribution < 1.29 is 28.6 Å². The Morgan fingerprint density at radius 1 is 0.355 bits per heavy atom. The highest BCUT2D eigenvalue weighted by Gasteiger charge is 2.19. The lowest BCUT2D eigenvalue weighted by atomic mass is 10.0. The lowest BCUT2D eigenvalue weighted by Crippen LogP contribution is -2.30. The zero-order chi connectivity index (χ0) is 45.1. The molecule has 0 fully saturated rings. The van der Waals surface area contributed by atoms with Crippen LogP contribution in [-0.4, -0.2) is 37.2 Å². The number of rotatable bonds is 47. The van der Waals surface area contributed by atoms with Crippen molar-refractivity contribution in [2.24, 2.45) is 0 Å². The molecule has 0 bridgehead atoms. The number of hydrogen-bond acceptors (Lipinski definition) is 6. The van der Waals surface area contributed by atoms with Crippen LogP contribution in [0.15, 0.2) is 60.8 Å². The molecule has 0 radical (unpaired) electrons. The summed E-state index contributed by atoms with van der Waals surface area (Å²) in [5, 5.41) is 0. The van der Waals surface area contributed by atoms with Crippen LogP contribution in [0, 0.1) is 0 Å². The number of carbonyl (C=O) groups is 3. The maximum atomic E-state index is 12.8. The van der Waals surface area contributed by atoms with Gasteiger partial charge in [0.1, 0.15) is 13.2 Å². The van der Waals surface area contributed by atoms with E-state index in [9.17, 15) is 14.4 Å². The number of ether oxygens (including phenoxy) is 3. The van der Waals surface area contributed by atoms with Gasteiger partial charge in [-0.05, 0) is 70.6 Å². The second kappa shape index (κ2) is 50.8. The van der Waals surface area contributed by atoms with Gasteiger partial charge in [0.2, 0.25) is 0 Å². The lowest BCUT2D eigenvalue weighted by Gasteiger charge is -2.18. The summed E-state index contributed by atoms with van der Waals surface area (Å²) >= 11 is 0. The molecule has 0 N–H and O–H groups in total. The van der Waals surface area contributed by atoms with Crippen LogP contribution < -0.4 is 0 Å². The van der Waals surface area contributed by atoms with Crippen LogP contribution in [0.25, 0.3) is 0 Å². The first-order chi connectivity index (χ1) is 30.5. The van der Waals surface area contributed by atoms with E-state index in [4.69, 9.17) is 14.2 Å². The molecule has 0 saturated heterocycles. The molecule has 0 aromatic carbocycles. The Labute approximate surface area is 383 Å². The molecular formula is C56H98O6. The third-order valence-electron chi connectivity index (χ3n) is 11.3. The molecular weight excluding hydrogens is 769 g/mol. The van der Waals surface area contributed by atoms with Gasteiger partial charge in [0.15, 0.2) is 6.10 Å². The topological polar surface area (TPSA) is 78.9 Å². The number of allylic oxidation sites excluding steroid dienone is 10. The summed E-state index contributed by atoms with van der Waals surface area (Å²) in [6.45, 7) is 6.47. The molecule has 0 saturated carbocycles. The third kappa shape index (κ3) is 48.1. The Kier molecular flexibility index (Phi) is 48.4. The van der Waals surface area contributed by atoms with Crippen molar-refractivity contribution in [1.82, 2.24) is 0 Å². The van der Waals surface area contributed by atoms with E-state index in [1.165, 1.54) is 122 Å². The van der Waals surface area contributed by atoms with E-state index in [2.05, 4.69) is 81.5 Å². The SMILES string of the molecule is CC/C=C/C=C/C=C/CCCCCCCC(=O)OCC(COC(=O)CCCCCCCCC/C=C/C/C=C/CCCCC)OC(=O)CCCCCCCCCCCCCCCC. The molecule has 0 amide bonds. The van der Waals surface area contributed by atoms with Gasteiger partial charge in [-0.1, -0.05) is 229 Å². The first-order valence-corrected chi connectivity index (χ1v) is 26.3. The molecule has 0 aromatic rings. The lowest BCUT2D eigenvalue weighted by molar-refractivity contribution is -0.167. The summed E-state index contributed by atoms with van der Waals surface area (Å²) in [6.07, 6.45) is 62.0. The van der Waals surface area contributed by atoms with Gasteiger partial charge in [-0.2, -0.15) is 0 Å². The minimum atomic E-state index is -0.783. The predicted octanol–water partition coefficient (Wildman–Crippen LogP) is 17.3. The van der Waals surface area contributed by atoms with Crippen molar-refractivity contribution in [3.63, 3.8) is 0 Å². The fraction of sp³-hybridized carbons (Fsp3) is 0.768. The van der Waals surface area contributed by atoms with Gasteiger partial charge in [0.25, 0.3) is 0 Å². The zero-order valence-corrected chi connectivity index (χ0v) is 40.9. The van der Waals surface area contributed by atoms with Gasteiger partial charge in [0, 0.05) is 19.3 Å². The van der Waals surface area contributed by atoms with Crippen molar-refractivity contribution in [3.05, 3.63) is 60.8 Å². The molecule has 0 spiro atoms. The quantitative estimate of drug-likeness (QED) is 0.0199. The van der Waals surface area contributed by atoms with Gasteiger partial charge in [-0.25, -0.2) is 0 Å². The van der Waals surface area contributed by atoms with Crippen LogP contribution in [0.5, 0.6) is 0 Å². The third-order valence-corrected chi connectivity index (χ3v) is 11.3. The predicted molar refractivity (Wildman–Crippen MR) is 265 cm³/mol.